The summed E-state index contributed by atoms with van der Waals surface area (Å²) >= 11 is 6.14. The smallest absolute Gasteiger partial charge is 0.241 e. The lowest BCUT2D eigenvalue weighted by atomic mass is 9.95. The van der Waals surface area contributed by atoms with E-state index in [0.29, 0.717) is 32.6 Å². The van der Waals surface area contributed by atoms with Gasteiger partial charge in [-0.05, 0) is 49.1 Å². The minimum Gasteiger partial charge on any atom is -0.368 e. The van der Waals surface area contributed by atoms with Crippen LogP contribution in [0.2, 0.25) is 5.02 Å². The molecule has 2 N–H and O–H groups in total. The van der Waals surface area contributed by atoms with Gasteiger partial charge in [0.2, 0.25) is 11.8 Å². The summed E-state index contributed by atoms with van der Waals surface area (Å²) in [5, 5.41) is 0.724. The fourth-order valence-corrected chi connectivity index (χ4v) is 5.42. The van der Waals surface area contributed by atoms with Crippen LogP contribution < -0.4 is 15.8 Å². The van der Waals surface area contributed by atoms with E-state index in [0.717, 1.165) is 42.2 Å². The monoisotopic (exact) mass is 482 g/mol. The van der Waals surface area contributed by atoms with Gasteiger partial charge in [0.15, 0.2) is 0 Å². The third kappa shape index (κ3) is 5.04. The van der Waals surface area contributed by atoms with E-state index in [1.54, 1.807) is 6.20 Å². The van der Waals surface area contributed by atoms with Gasteiger partial charge < -0.3 is 14.7 Å². The molecule has 180 valence electrons. The van der Waals surface area contributed by atoms with Crippen molar-refractivity contribution in [2.75, 3.05) is 44.2 Å². The van der Waals surface area contributed by atoms with Gasteiger partial charge in [0.1, 0.15) is 6.04 Å². The van der Waals surface area contributed by atoms with Gasteiger partial charge in [-0.15, -0.1) is 0 Å². The summed E-state index contributed by atoms with van der Waals surface area (Å²) in [6.45, 7) is 4.17. The van der Waals surface area contributed by atoms with E-state index < -0.39 is 0 Å². The summed E-state index contributed by atoms with van der Waals surface area (Å²) in [4.78, 5) is 36.8. The number of hydrogen-bond acceptors (Lipinski definition) is 6. The average molecular weight is 483 g/mol. The summed E-state index contributed by atoms with van der Waals surface area (Å²) in [5.74, 6) is 0.120. The van der Waals surface area contributed by atoms with E-state index >= 15 is 0 Å². The molecule has 5 rings (SSSR count). The van der Waals surface area contributed by atoms with Crippen LogP contribution in [0.1, 0.15) is 30.9 Å². The zero-order valence-corrected chi connectivity index (χ0v) is 20.0. The molecule has 2 aromatic rings. The zero-order valence-electron chi connectivity index (χ0n) is 19.2. The third-order valence-electron chi connectivity index (χ3n) is 7.14. The molecule has 4 heterocycles. The lowest BCUT2D eigenvalue weighted by Gasteiger charge is -2.40. The van der Waals surface area contributed by atoms with Gasteiger partial charge in [0.05, 0.1) is 5.92 Å². The van der Waals surface area contributed by atoms with E-state index in [2.05, 4.69) is 26.8 Å². The van der Waals surface area contributed by atoms with Crippen molar-refractivity contribution in [3.63, 3.8) is 0 Å². The SMILES string of the molecule is O=C(C1CCCN(C(=O)C2CC(c3cccnc3)NN2)C1)N1CCN(c2cccc(Cl)c2)CC1. The van der Waals surface area contributed by atoms with Gasteiger partial charge in [-0.3, -0.25) is 14.6 Å². The molecule has 3 saturated heterocycles. The van der Waals surface area contributed by atoms with Crippen LogP contribution >= 0.6 is 11.6 Å². The number of carbonyl (C=O) groups is 2. The minimum atomic E-state index is -0.291. The summed E-state index contributed by atoms with van der Waals surface area (Å²) < 4.78 is 0. The molecule has 3 unspecified atom stereocenters. The predicted molar refractivity (Wildman–Crippen MR) is 131 cm³/mol. The number of rotatable bonds is 4. The van der Waals surface area contributed by atoms with Gasteiger partial charge in [-0.25, -0.2) is 10.9 Å². The van der Waals surface area contributed by atoms with Crippen LogP contribution in [0.4, 0.5) is 5.69 Å². The highest BCUT2D eigenvalue weighted by Gasteiger charge is 2.37. The van der Waals surface area contributed by atoms with Gasteiger partial charge in [0.25, 0.3) is 0 Å². The minimum absolute atomic E-state index is 0.0562. The second-order valence-corrected chi connectivity index (χ2v) is 9.77. The molecule has 1 aromatic heterocycles. The molecule has 34 heavy (non-hydrogen) atoms. The van der Waals surface area contributed by atoms with Crippen LogP contribution in [0.3, 0.4) is 0 Å². The van der Waals surface area contributed by atoms with Crippen molar-refractivity contribution < 1.29 is 9.59 Å². The Hall–Kier alpha value is -2.68. The number of amides is 2. The Labute approximate surface area is 205 Å². The largest absolute Gasteiger partial charge is 0.368 e. The maximum Gasteiger partial charge on any atom is 0.241 e. The van der Waals surface area contributed by atoms with Gasteiger partial charge in [-0.2, -0.15) is 0 Å². The molecule has 3 aliphatic heterocycles. The summed E-state index contributed by atoms with van der Waals surface area (Å²) in [5.41, 5.74) is 8.54. The third-order valence-corrected chi connectivity index (χ3v) is 7.37. The van der Waals surface area contributed by atoms with Crippen molar-refractivity contribution >= 4 is 29.1 Å². The van der Waals surface area contributed by atoms with Gasteiger partial charge >= 0.3 is 0 Å². The number of anilines is 1. The Bertz CT molecular complexity index is 1010. The van der Waals surface area contributed by atoms with E-state index in [-0.39, 0.29) is 29.8 Å². The Morgan fingerprint density at radius 3 is 2.59 bits per heavy atom. The molecule has 0 bridgehead atoms. The number of piperidine rings is 1. The van der Waals surface area contributed by atoms with E-state index in [1.165, 1.54) is 0 Å². The Morgan fingerprint density at radius 1 is 0.971 bits per heavy atom. The van der Waals surface area contributed by atoms with Crippen LogP contribution in [0.25, 0.3) is 0 Å². The number of hydrazine groups is 1. The first kappa shape index (κ1) is 23.1. The molecule has 9 heteroatoms. The second kappa shape index (κ2) is 10.3. The fourth-order valence-electron chi connectivity index (χ4n) is 5.23. The van der Waals surface area contributed by atoms with Crippen molar-refractivity contribution in [1.29, 1.82) is 0 Å². The predicted octanol–water partition coefficient (Wildman–Crippen LogP) is 2.23. The molecule has 3 atom stereocenters. The summed E-state index contributed by atoms with van der Waals surface area (Å²) in [6.07, 6.45) is 5.94. The standard InChI is InChI=1S/C25H31ClN6O2/c26-20-6-1-7-21(14-20)30-10-12-31(13-11-30)24(33)19-5-3-9-32(17-19)25(34)23-15-22(28-29-23)18-4-2-8-27-16-18/h1-2,4,6-8,14,16,19,22-23,28-29H,3,5,9-13,15,17H2. The first-order chi connectivity index (χ1) is 16.6. The molecule has 0 spiro atoms. The van der Waals surface area contributed by atoms with E-state index in [9.17, 15) is 9.59 Å². The van der Waals surface area contributed by atoms with Crippen molar-refractivity contribution in [3.8, 4) is 0 Å². The zero-order chi connectivity index (χ0) is 23.5. The fraction of sp³-hybridized carbons (Fsp3) is 0.480. The number of benzene rings is 1. The molecular weight excluding hydrogens is 452 g/mol. The number of hydrogen-bond donors (Lipinski definition) is 2. The number of carbonyl (C=O) groups excluding carboxylic acids is 2. The van der Waals surface area contributed by atoms with Crippen LogP contribution in [-0.4, -0.2) is 71.9 Å². The van der Waals surface area contributed by atoms with Gasteiger partial charge in [-0.1, -0.05) is 23.7 Å². The quantitative estimate of drug-likeness (QED) is 0.695. The molecular formula is C25H31ClN6O2. The number of halogens is 1. The Kier molecular flexibility index (Phi) is 6.99. The number of nitrogens with one attached hydrogen (secondary N) is 2. The van der Waals surface area contributed by atoms with Crippen molar-refractivity contribution in [2.24, 2.45) is 5.92 Å². The highest BCUT2D eigenvalue weighted by Crippen LogP contribution is 2.26. The van der Waals surface area contributed by atoms with Crippen molar-refractivity contribution in [1.82, 2.24) is 25.6 Å². The topological polar surface area (TPSA) is 80.8 Å². The van der Waals surface area contributed by atoms with Crippen molar-refractivity contribution in [3.05, 3.63) is 59.4 Å². The average Bonchev–Trinajstić information content (AvgIpc) is 3.39. The first-order valence-corrected chi connectivity index (χ1v) is 12.5. The summed E-state index contributed by atoms with van der Waals surface area (Å²) in [6, 6.07) is 11.5. The van der Waals surface area contributed by atoms with E-state index in [4.69, 9.17) is 11.6 Å². The number of aromatic nitrogens is 1. The molecule has 8 nitrogen and oxygen atoms in total. The highest BCUT2D eigenvalue weighted by molar-refractivity contribution is 6.30. The summed E-state index contributed by atoms with van der Waals surface area (Å²) in [7, 11) is 0. The molecule has 0 radical (unpaired) electrons. The molecule has 3 aliphatic rings. The molecule has 3 fully saturated rings. The second-order valence-electron chi connectivity index (χ2n) is 9.33. The first-order valence-electron chi connectivity index (χ1n) is 12.1. The maximum atomic E-state index is 13.3. The molecule has 2 amide bonds. The maximum absolute atomic E-state index is 13.3. The van der Waals surface area contributed by atoms with Crippen LogP contribution in [0, 0.1) is 5.92 Å². The number of likely N-dealkylation sites (tertiary alicyclic amines) is 1. The van der Waals surface area contributed by atoms with Crippen molar-refractivity contribution in [2.45, 2.75) is 31.3 Å². The molecule has 1 aromatic carbocycles. The van der Waals surface area contributed by atoms with E-state index in [1.807, 2.05) is 46.3 Å². The molecule has 0 saturated carbocycles. The number of piperazine rings is 1. The van der Waals surface area contributed by atoms with Crippen LogP contribution in [0.15, 0.2) is 48.8 Å². The van der Waals surface area contributed by atoms with Crippen LogP contribution in [0.5, 0.6) is 0 Å². The highest BCUT2D eigenvalue weighted by atomic mass is 35.5. The normalized spacial score (nSPS) is 25.4. The lowest BCUT2D eigenvalue weighted by molar-refractivity contribution is -0.142. The van der Waals surface area contributed by atoms with Crippen LogP contribution in [-0.2, 0) is 9.59 Å². The molecule has 0 aliphatic carbocycles. The lowest BCUT2D eigenvalue weighted by Crippen LogP contribution is -2.54. The Balaban J connectivity index is 1.14. The Morgan fingerprint density at radius 2 is 1.82 bits per heavy atom. The number of nitrogens with zero attached hydrogens (tertiary/aromatic N) is 4. The van der Waals surface area contributed by atoms with Gasteiger partial charge in [0, 0.05) is 68.4 Å². The number of pyridine rings is 1.